The van der Waals surface area contributed by atoms with Gasteiger partial charge in [-0.25, -0.2) is 9.59 Å². The van der Waals surface area contributed by atoms with Crippen LogP contribution in [0.3, 0.4) is 0 Å². The average molecular weight is 289 g/mol. The van der Waals surface area contributed by atoms with Gasteiger partial charge < -0.3 is 9.84 Å². The molecule has 0 aromatic heterocycles. The van der Waals surface area contributed by atoms with Gasteiger partial charge in [-0.2, -0.15) is 0 Å². The number of rotatable bonds is 3. The summed E-state index contributed by atoms with van der Waals surface area (Å²) in [4.78, 5) is 25.0. The second-order valence-electron chi connectivity index (χ2n) is 6.08. The van der Waals surface area contributed by atoms with Crippen molar-refractivity contribution in [2.45, 2.75) is 38.3 Å². The number of nitrogens with zero attached hydrogens (tertiary/aromatic N) is 1. The van der Waals surface area contributed by atoms with Crippen LogP contribution in [-0.4, -0.2) is 34.7 Å². The van der Waals surface area contributed by atoms with Gasteiger partial charge in [-0.15, -0.1) is 0 Å². The van der Waals surface area contributed by atoms with E-state index in [9.17, 15) is 14.7 Å². The number of likely N-dealkylation sites (tertiary alicyclic amines) is 1. The van der Waals surface area contributed by atoms with Crippen molar-refractivity contribution < 1.29 is 19.4 Å². The number of ether oxygens (including phenoxy) is 1. The molecule has 1 aliphatic carbocycles. The fourth-order valence-electron chi connectivity index (χ4n) is 3.31. The van der Waals surface area contributed by atoms with Gasteiger partial charge in [0.2, 0.25) is 0 Å². The topological polar surface area (TPSA) is 66.8 Å². The van der Waals surface area contributed by atoms with Gasteiger partial charge in [0.15, 0.2) is 0 Å². The molecule has 1 saturated carbocycles. The number of hydrogen-bond acceptors (Lipinski definition) is 3. The lowest BCUT2D eigenvalue weighted by Crippen LogP contribution is -2.41. The molecule has 112 valence electrons. The van der Waals surface area contributed by atoms with Crippen LogP contribution in [0.5, 0.6) is 0 Å². The number of carboxylic acid groups (broad SMARTS) is 1. The van der Waals surface area contributed by atoms with E-state index < -0.39 is 18.1 Å². The maximum absolute atomic E-state index is 12.2. The van der Waals surface area contributed by atoms with E-state index in [1.54, 1.807) is 0 Å². The molecule has 1 unspecified atom stereocenters. The summed E-state index contributed by atoms with van der Waals surface area (Å²) in [6, 6.07) is 8.66. The monoisotopic (exact) mass is 289 g/mol. The Morgan fingerprint density at radius 1 is 1.29 bits per heavy atom. The number of aliphatic carboxylic acids is 1. The van der Waals surface area contributed by atoms with E-state index in [1.165, 1.54) is 4.90 Å². The highest BCUT2D eigenvalue weighted by Gasteiger charge is 2.52. The number of benzene rings is 1. The van der Waals surface area contributed by atoms with Crippen LogP contribution in [0.25, 0.3) is 0 Å². The van der Waals surface area contributed by atoms with Crippen molar-refractivity contribution in [3.05, 3.63) is 35.9 Å². The number of carbonyl (C=O) groups excluding carboxylic acids is 1. The van der Waals surface area contributed by atoms with Crippen LogP contribution in [-0.2, 0) is 16.1 Å². The van der Waals surface area contributed by atoms with Gasteiger partial charge in [-0.1, -0.05) is 36.8 Å². The van der Waals surface area contributed by atoms with Gasteiger partial charge in [0.05, 0.1) is 0 Å². The smallest absolute Gasteiger partial charge is 0.410 e. The summed E-state index contributed by atoms with van der Waals surface area (Å²) < 4.78 is 5.28. The Labute approximate surface area is 123 Å². The van der Waals surface area contributed by atoms with E-state index >= 15 is 0 Å². The molecule has 2 fully saturated rings. The van der Waals surface area contributed by atoms with E-state index in [0.29, 0.717) is 13.0 Å². The zero-order valence-electron chi connectivity index (χ0n) is 11.8. The predicted molar refractivity (Wildman–Crippen MR) is 75.7 cm³/mol. The third-order valence-corrected chi connectivity index (χ3v) is 4.65. The van der Waals surface area contributed by atoms with Crippen molar-refractivity contribution in [1.82, 2.24) is 4.90 Å². The van der Waals surface area contributed by atoms with Crippen LogP contribution >= 0.6 is 0 Å². The minimum atomic E-state index is -0.935. The zero-order valence-corrected chi connectivity index (χ0v) is 11.8. The normalized spacial score (nSPS) is 22.9. The first-order valence-electron chi connectivity index (χ1n) is 7.30. The highest BCUT2D eigenvalue weighted by Crippen LogP contribution is 2.50. The molecule has 3 rings (SSSR count). The Balaban J connectivity index is 1.64. The zero-order chi connectivity index (χ0) is 14.9. The summed E-state index contributed by atoms with van der Waals surface area (Å²) in [6.07, 6.45) is 3.19. The Morgan fingerprint density at radius 3 is 2.57 bits per heavy atom. The second kappa shape index (κ2) is 5.39. The highest BCUT2D eigenvalue weighted by atomic mass is 16.6. The standard InChI is InChI=1S/C16H19NO4/c18-14(19)13-9-16(7-4-8-16)11-17(13)15(20)21-10-12-5-2-1-3-6-12/h1-3,5-6,13H,4,7-11H2,(H,18,19). The van der Waals surface area contributed by atoms with Crippen LogP contribution in [0.15, 0.2) is 30.3 Å². The van der Waals surface area contributed by atoms with Crippen LogP contribution in [0.4, 0.5) is 4.79 Å². The Hall–Kier alpha value is -2.04. The largest absolute Gasteiger partial charge is 0.480 e. The molecule has 1 saturated heterocycles. The van der Waals surface area contributed by atoms with Crippen LogP contribution in [0.1, 0.15) is 31.2 Å². The molecular formula is C16H19NO4. The van der Waals surface area contributed by atoms with Crippen molar-refractivity contribution in [1.29, 1.82) is 0 Å². The third kappa shape index (κ3) is 2.73. The van der Waals surface area contributed by atoms with Crippen molar-refractivity contribution >= 4 is 12.1 Å². The maximum atomic E-state index is 12.2. The molecule has 0 radical (unpaired) electrons. The Kier molecular flexibility index (Phi) is 3.57. The van der Waals surface area contributed by atoms with E-state index in [1.807, 2.05) is 30.3 Å². The first-order valence-corrected chi connectivity index (χ1v) is 7.30. The lowest BCUT2D eigenvalue weighted by atomic mass is 9.67. The van der Waals surface area contributed by atoms with Crippen molar-refractivity contribution in [3.8, 4) is 0 Å². The molecule has 0 bridgehead atoms. The van der Waals surface area contributed by atoms with E-state index in [4.69, 9.17) is 4.74 Å². The summed E-state index contributed by atoms with van der Waals surface area (Å²) >= 11 is 0. The summed E-state index contributed by atoms with van der Waals surface area (Å²) in [5.74, 6) is -0.935. The SMILES string of the molecule is O=C(O)C1CC2(CCC2)CN1C(=O)OCc1ccccc1. The van der Waals surface area contributed by atoms with Crippen molar-refractivity contribution in [2.75, 3.05) is 6.54 Å². The fraction of sp³-hybridized carbons (Fsp3) is 0.500. The lowest BCUT2D eigenvalue weighted by molar-refractivity contribution is -0.141. The molecule has 1 heterocycles. The van der Waals surface area contributed by atoms with Gasteiger partial charge in [0, 0.05) is 6.54 Å². The summed E-state index contributed by atoms with van der Waals surface area (Å²) in [5.41, 5.74) is 0.921. The maximum Gasteiger partial charge on any atom is 0.410 e. The average Bonchev–Trinajstić information content (AvgIpc) is 2.87. The van der Waals surface area contributed by atoms with Gasteiger partial charge in [0.1, 0.15) is 12.6 Å². The molecule has 1 aromatic carbocycles. The molecule has 1 N–H and O–H groups in total. The van der Waals surface area contributed by atoms with Crippen molar-refractivity contribution in [3.63, 3.8) is 0 Å². The van der Waals surface area contributed by atoms with E-state index in [0.717, 1.165) is 24.8 Å². The van der Waals surface area contributed by atoms with Crippen molar-refractivity contribution in [2.24, 2.45) is 5.41 Å². The Morgan fingerprint density at radius 2 is 2.00 bits per heavy atom. The molecule has 1 amide bonds. The van der Waals surface area contributed by atoms with E-state index in [2.05, 4.69) is 0 Å². The quantitative estimate of drug-likeness (QED) is 0.929. The molecule has 1 aromatic rings. The van der Waals surface area contributed by atoms with Gasteiger partial charge in [-0.3, -0.25) is 4.90 Å². The van der Waals surface area contributed by atoms with Crippen LogP contribution in [0, 0.1) is 5.41 Å². The van der Waals surface area contributed by atoms with Gasteiger partial charge in [0.25, 0.3) is 0 Å². The van der Waals surface area contributed by atoms with Gasteiger partial charge in [-0.05, 0) is 30.2 Å². The number of hydrogen-bond donors (Lipinski definition) is 1. The number of carboxylic acids is 1. The third-order valence-electron chi connectivity index (χ3n) is 4.65. The van der Waals surface area contributed by atoms with Gasteiger partial charge >= 0.3 is 12.1 Å². The summed E-state index contributed by atoms with van der Waals surface area (Å²) in [6.45, 7) is 0.688. The molecule has 21 heavy (non-hydrogen) atoms. The van der Waals surface area contributed by atoms with Crippen LogP contribution in [0.2, 0.25) is 0 Å². The second-order valence-corrected chi connectivity index (χ2v) is 6.08. The molecule has 1 aliphatic heterocycles. The number of carbonyl (C=O) groups is 2. The minimum absolute atomic E-state index is 0.0226. The molecule has 5 nitrogen and oxygen atoms in total. The minimum Gasteiger partial charge on any atom is -0.480 e. The lowest BCUT2D eigenvalue weighted by Gasteiger charge is -2.37. The molecule has 5 heteroatoms. The highest BCUT2D eigenvalue weighted by molar-refractivity contribution is 5.81. The Bertz CT molecular complexity index is 538. The number of amides is 1. The molecule has 1 atom stereocenters. The van der Waals surface area contributed by atoms with E-state index in [-0.39, 0.29) is 12.0 Å². The first-order chi connectivity index (χ1) is 10.1. The fourth-order valence-corrected chi connectivity index (χ4v) is 3.31. The van der Waals surface area contributed by atoms with Crippen LogP contribution < -0.4 is 0 Å². The molecule has 1 spiro atoms. The first kappa shape index (κ1) is 13.9. The molecule has 2 aliphatic rings. The molecular weight excluding hydrogens is 270 g/mol. The summed E-state index contributed by atoms with van der Waals surface area (Å²) in [7, 11) is 0. The predicted octanol–water partition coefficient (Wildman–Crippen LogP) is 2.65. The summed E-state index contributed by atoms with van der Waals surface area (Å²) in [5, 5.41) is 9.32.